The molecule has 1 aliphatic rings. The van der Waals surface area contributed by atoms with Crippen LogP contribution in [0.1, 0.15) is 44.8 Å². The largest absolute Gasteiger partial charge is 0.387 e. The third kappa shape index (κ3) is 6.91. The molecule has 0 bridgehead atoms. The van der Waals surface area contributed by atoms with Gasteiger partial charge in [-0.15, -0.1) is 0 Å². The van der Waals surface area contributed by atoms with E-state index in [9.17, 15) is 18.3 Å². The van der Waals surface area contributed by atoms with Crippen molar-refractivity contribution in [2.75, 3.05) is 16.6 Å². The molecule has 1 heterocycles. The average molecular weight is 561 g/mol. The summed E-state index contributed by atoms with van der Waals surface area (Å²) in [4.78, 5) is 12.3. The molecule has 210 valence electrons. The number of fused-ring (bicyclic) bond motifs is 1. The molecule has 4 N–H and O–H groups in total. The zero-order valence-corrected chi connectivity index (χ0v) is 23.6. The van der Waals surface area contributed by atoms with Gasteiger partial charge in [0.05, 0.1) is 11.0 Å². The summed E-state index contributed by atoms with van der Waals surface area (Å²) in [6.45, 7) is 5.30. The Hall–Kier alpha value is -3.66. The molecule has 0 radical (unpaired) electrons. The van der Waals surface area contributed by atoms with E-state index in [-0.39, 0.29) is 22.3 Å². The van der Waals surface area contributed by atoms with Gasteiger partial charge >= 0.3 is 0 Å². The molecule has 0 spiro atoms. The van der Waals surface area contributed by atoms with Crippen LogP contribution in [0, 0.1) is 5.92 Å². The topological polar surface area (TPSA) is 112 Å². The minimum atomic E-state index is -3.71. The molecule has 1 atom stereocenters. The number of benzene rings is 3. The van der Waals surface area contributed by atoms with E-state index in [1.54, 1.807) is 42.5 Å². The fourth-order valence-corrected chi connectivity index (χ4v) is 5.74. The van der Waals surface area contributed by atoms with E-state index in [2.05, 4.69) is 46.0 Å². The van der Waals surface area contributed by atoms with Crippen LogP contribution in [0.25, 0.3) is 10.9 Å². The number of aromatic nitrogens is 1. The van der Waals surface area contributed by atoms with Gasteiger partial charge in [-0.25, -0.2) is 8.42 Å². The molecule has 1 amide bonds. The number of hydrogen-bond acceptors (Lipinski definition) is 5. The zero-order valence-electron chi connectivity index (χ0n) is 22.8. The number of rotatable bonds is 12. The van der Waals surface area contributed by atoms with Crippen LogP contribution in [0.15, 0.2) is 90.0 Å². The molecule has 0 aliphatic heterocycles. The molecule has 8 nitrogen and oxygen atoms in total. The van der Waals surface area contributed by atoms with Crippen LogP contribution in [-0.2, 0) is 21.4 Å². The standard InChI is InChI=1S/C31H36N4O4S/c1-31(2,16-18-35-17-15-23-19-25(13-14-28(23)35)33-30(37)22-11-12-22)32-21-29(36)24-7-6-8-26(20-24)34-40(38,39)27-9-4-3-5-10-27/h3-10,13-15,17,19-20,22,29,32,34,36H,11-12,16,18,21H2,1-2H3,(H,33,37)/t29-/m0/s1. The lowest BCUT2D eigenvalue weighted by atomic mass is 9.99. The first kappa shape index (κ1) is 27.9. The van der Waals surface area contributed by atoms with Crippen molar-refractivity contribution in [1.29, 1.82) is 0 Å². The second-order valence-corrected chi connectivity index (χ2v) is 12.8. The van der Waals surface area contributed by atoms with E-state index < -0.39 is 16.1 Å². The fraction of sp³-hybridized carbons (Fsp3) is 0.323. The van der Waals surface area contributed by atoms with Crippen molar-refractivity contribution in [1.82, 2.24) is 9.88 Å². The normalized spacial score (nSPS) is 14.7. The van der Waals surface area contributed by atoms with E-state index in [4.69, 9.17) is 0 Å². The Bertz CT molecular complexity index is 1590. The number of amides is 1. The van der Waals surface area contributed by atoms with E-state index in [0.717, 1.165) is 42.4 Å². The lowest BCUT2D eigenvalue weighted by molar-refractivity contribution is -0.117. The molecule has 9 heteroatoms. The van der Waals surface area contributed by atoms with E-state index in [1.807, 2.05) is 18.2 Å². The molecular weight excluding hydrogens is 524 g/mol. The van der Waals surface area contributed by atoms with E-state index in [1.165, 1.54) is 12.1 Å². The van der Waals surface area contributed by atoms with Gasteiger partial charge in [-0.2, -0.15) is 0 Å². The Labute approximate surface area is 235 Å². The number of hydrogen-bond donors (Lipinski definition) is 4. The fourth-order valence-electron chi connectivity index (χ4n) is 4.67. The van der Waals surface area contributed by atoms with Crippen molar-refractivity contribution in [2.45, 2.75) is 56.2 Å². The minimum absolute atomic E-state index is 0.106. The van der Waals surface area contributed by atoms with Gasteiger partial charge in [-0.1, -0.05) is 30.3 Å². The second-order valence-electron chi connectivity index (χ2n) is 11.1. The highest BCUT2D eigenvalue weighted by Gasteiger charge is 2.29. The third-order valence-electron chi connectivity index (χ3n) is 7.32. The molecule has 40 heavy (non-hydrogen) atoms. The summed E-state index contributed by atoms with van der Waals surface area (Å²) in [5.74, 6) is 0.277. The third-order valence-corrected chi connectivity index (χ3v) is 8.71. The molecule has 1 fully saturated rings. The highest BCUT2D eigenvalue weighted by Crippen LogP contribution is 2.31. The van der Waals surface area contributed by atoms with Crippen LogP contribution in [0.3, 0.4) is 0 Å². The lowest BCUT2D eigenvalue weighted by Gasteiger charge is -2.28. The quantitative estimate of drug-likeness (QED) is 0.188. The summed E-state index contributed by atoms with van der Waals surface area (Å²) in [6, 6.07) is 23.1. The van der Waals surface area contributed by atoms with Gasteiger partial charge < -0.3 is 20.3 Å². The molecule has 5 rings (SSSR count). The summed E-state index contributed by atoms with van der Waals surface area (Å²) < 4.78 is 30.1. The van der Waals surface area contributed by atoms with Crippen molar-refractivity contribution in [3.63, 3.8) is 0 Å². The summed E-state index contributed by atoms with van der Waals surface area (Å²) in [5, 5.41) is 18.4. The zero-order chi connectivity index (χ0) is 28.3. The van der Waals surface area contributed by atoms with Crippen LogP contribution >= 0.6 is 0 Å². The van der Waals surface area contributed by atoms with Crippen molar-refractivity contribution < 1.29 is 18.3 Å². The molecule has 1 aliphatic carbocycles. The van der Waals surface area contributed by atoms with Crippen LogP contribution in [0.5, 0.6) is 0 Å². The number of aliphatic hydroxyl groups is 1. The van der Waals surface area contributed by atoms with Gasteiger partial charge in [-0.05, 0) is 87.2 Å². The number of anilines is 2. The minimum Gasteiger partial charge on any atom is -0.387 e. The summed E-state index contributed by atoms with van der Waals surface area (Å²) in [7, 11) is -3.71. The maximum Gasteiger partial charge on any atom is 0.261 e. The molecular formula is C31H36N4O4S. The highest BCUT2D eigenvalue weighted by atomic mass is 32.2. The first-order chi connectivity index (χ1) is 19.1. The molecule has 0 saturated heterocycles. The van der Waals surface area contributed by atoms with Crippen LogP contribution in [0.4, 0.5) is 11.4 Å². The molecule has 1 saturated carbocycles. The first-order valence-corrected chi connectivity index (χ1v) is 15.1. The van der Waals surface area contributed by atoms with Crippen molar-refractivity contribution in [2.24, 2.45) is 5.92 Å². The summed E-state index contributed by atoms with van der Waals surface area (Å²) in [6.07, 6.45) is 4.03. The summed E-state index contributed by atoms with van der Waals surface area (Å²) >= 11 is 0. The van der Waals surface area contributed by atoms with Gasteiger partial charge in [0.15, 0.2) is 0 Å². The number of sulfonamides is 1. The number of aliphatic hydroxyl groups excluding tert-OH is 1. The van der Waals surface area contributed by atoms with Crippen LogP contribution < -0.4 is 15.4 Å². The number of carbonyl (C=O) groups is 1. The average Bonchev–Trinajstić information content (AvgIpc) is 3.72. The number of β-amino-alcohol motifs (C(OH)–C–C–N with tert-alkyl or cyclic N) is 1. The second kappa shape index (κ2) is 11.4. The van der Waals surface area contributed by atoms with Gasteiger partial charge in [0, 0.05) is 53.0 Å². The Balaban J connectivity index is 1.15. The monoisotopic (exact) mass is 560 g/mol. The Kier molecular flexibility index (Phi) is 7.98. The van der Waals surface area contributed by atoms with Crippen molar-refractivity contribution >= 4 is 38.2 Å². The molecule has 4 aromatic rings. The lowest BCUT2D eigenvalue weighted by Crippen LogP contribution is -2.42. The van der Waals surface area contributed by atoms with Gasteiger partial charge in [-0.3, -0.25) is 9.52 Å². The number of nitrogens with zero attached hydrogens (tertiary/aromatic N) is 1. The highest BCUT2D eigenvalue weighted by molar-refractivity contribution is 7.92. The number of aryl methyl sites for hydroxylation is 1. The van der Waals surface area contributed by atoms with Gasteiger partial charge in [0.25, 0.3) is 10.0 Å². The van der Waals surface area contributed by atoms with Gasteiger partial charge in [0.1, 0.15) is 0 Å². The van der Waals surface area contributed by atoms with Crippen molar-refractivity contribution in [3.05, 3.63) is 90.6 Å². The van der Waals surface area contributed by atoms with Crippen LogP contribution in [-0.4, -0.2) is 36.1 Å². The first-order valence-electron chi connectivity index (χ1n) is 13.6. The van der Waals surface area contributed by atoms with E-state index >= 15 is 0 Å². The SMILES string of the molecule is CC(C)(CCn1ccc2cc(NC(=O)C3CC3)ccc21)NC[C@H](O)c1cccc(NS(=O)(=O)c2ccccc2)c1. The van der Waals surface area contributed by atoms with Gasteiger partial charge in [0.2, 0.25) is 5.91 Å². The van der Waals surface area contributed by atoms with Crippen LogP contribution in [0.2, 0.25) is 0 Å². The predicted molar refractivity (Wildman–Crippen MR) is 159 cm³/mol. The molecule has 0 unspecified atom stereocenters. The maximum atomic E-state index is 12.7. The Morgan fingerprint density at radius 1 is 1.00 bits per heavy atom. The summed E-state index contributed by atoms with van der Waals surface area (Å²) in [5.41, 5.74) is 2.69. The number of carbonyl (C=O) groups excluding carboxylic acids is 1. The Morgan fingerprint density at radius 2 is 1.77 bits per heavy atom. The molecule has 3 aromatic carbocycles. The van der Waals surface area contributed by atoms with E-state index in [0.29, 0.717) is 17.8 Å². The number of nitrogens with one attached hydrogen (secondary N) is 3. The Morgan fingerprint density at radius 3 is 2.52 bits per heavy atom. The molecule has 1 aromatic heterocycles. The maximum absolute atomic E-state index is 12.7. The van der Waals surface area contributed by atoms with Crippen molar-refractivity contribution in [3.8, 4) is 0 Å². The smallest absolute Gasteiger partial charge is 0.261 e. The predicted octanol–water partition coefficient (Wildman–Crippen LogP) is 5.28.